The van der Waals surface area contributed by atoms with Gasteiger partial charge in [-0.2, -0.15) is 5.26 Å². The van der Waals surface area contributed by atoms with Gasteiger partial charge in [0.15, 0.2) is 0 Å². The minimum absolute atomic E-state index is 0.0446. The highest BCUT2D eigenvalue weighted by atomic mass is 35.5. The molecule has 0 radical (unpaired) electrons. The normalized spacial score (nSPS) is 9.80. The van der Waals surface area contributed by atoms with Gasteiger partial charge in [-0.3, -0.25) is 4.79 Å². The number of nitrogens with zero attached hydrogens (tertiary/aromatic N) is 1. The number of benzene rings is 2. The van der Waals surface area contributed by atoms with Crippen LogP contribution in [0.2, 0.25) is 5.02 Å². The van der Waals surface area contributed by atoms with Crippen LogP contribution in [0.25, 0.3) is 0 Å². The van der Waals surface area contributed by atoms with E-state index in [2.05, 4.69) is 5.32 Å². The van der Waals surface area contributed by atoms with E-state index in [9.17, 15) is 9.90 Å². The first kappa shape index (κ1) is 13.9. The fourth-order valence-electron chi connectivity index (χ4n) is 1.71. The third-order valence-electron chi connectivity index (χ3n) is 2.71. The number of hydrogen-bond donors (Lipinski definition) is 2. The Morgan fingerprint density at radius 3 is 2.70 bits per heavy atom. The minimum atomic E-state index is -0.293. The Labute approximate surface area is 121 Å². The summed E-state index contributed by atoms with van der Waals surface area (Å²) in [5, 5.41) is 21.3. The highest BCUT2D eigenvalue weighted by Crippen LogP contribution is 2.23. The van der Waals surface area contributed by atoms with Crippen molar-refractivity contribution in [3.05, 3.63) is 58.6 Å². The van der Waals surface area contributed by atoms with E-state index in [1.807, 2.05) is 6.07 Å². The zero-order valence-corrected chi connectivity index (χ0v) is 11.2. The number of halogens is 1. The van der Waals surface area contributed by atoms with Gasteiger partial charge in [0.2, 0.25) is 5.91 Å². The van der Waals surface area contributed by atoms with Crippen molar-refractivity contribution in [2.24, 2.45) is 0 Å². The molecule has 0 unspecified atom stereocenters. The number of hydrogen-bond acceptors (Lipinski definition) is 3. The van der Waals surface area contributed by atoms with Gasteiger partial charge in [-0.15, -0.1) is 0 Å². The van der Waals surface area contributed by atoms with E-state index in [0.29, 0.717) is 21.8 Å². The van der Waals surface area contributed by atoms with Gasteiger partial charge < -0.3 is 10.4 Å². The molecule has 2 aromatic carbocycles. The van der Waals surface area contributed by atoms with E-state index in [4.69, 9.17) is 16.9 Å². The molecule has 0 aliphatic carbocycles. The maximum atomic E-state index is 11.9. The molecule has 0 spiro atoms. The van der Waals surface area contributed by atoms with Crippen LogP contribution in [0.4, 0.5) is 5.69 Å². The van der Waals surface area contributed by atoms with Crippen LogP contribution >= 0.6 is 11.6 Å². The molecule has 0 bridgehead atoms. The molecule has 4 nitrogen and oxygen atoms in total. The minimum Gasteiger partial charge on any atom is -0.508 e. The molecular weight excluding hydrogens is 276 g/mol. The standard InChI is InChI=1S/C15H11ClN2O2/c16-12-7-10(9-17)5-6-13(12)18-15(20)8-11-3-1-2-4-14(11)19/h1-7,19H,8H2,(H,18,20). The summed E-state index contributed by atoms with van der Waals surface area (Å²) in [4.78, 5) is 11.9. The van der Waals surface area contributed by atoms with Crippen LogP contribution < -0.4 is 5.32 Å². The topological polar surface area (TPSA) is 73.1 Å². The number of anilines is 1. The first-order valence-corrected chi connectivity index (χ1v) is 6.24. The van der Waals surface area contributed by atoms with Crippen LogP contribution in [0, 0.1) is 11.3 Å². The maximum Gasteiger partial charge on any atom is 0.228 e. The zero-order valence-electron chi connectivity index (χ0n) is 10.4. The van der Waals surface area contributed by atoms with Crippen LogP contribution in [0.3, 0.4) is 0 Å². The van der Waals surface area contributed by atoms with Crippen LogP contribution in [-0.2, 0) is 11.2 Å². The molecular formula is C15H11ClN2O2. The Balaban J connectivity index is 2.09. The van der Waals surface area contributed by atoms with E-state index in [-0.39, 0.29) is 18.1 Å². The van der Waals surface area contributed by atoms with Gasteiger partial charge in [-0.25, -0.2) is 0 Å². The molecule has 2 N–H and O–H groups in total. The zero-order chi connectivity index (χ0) is 14.5. The van der Waals surface area contributed by atoms with Gasteiger partial charge >= 0.3 is 0 Å². The summed E-state index contributed by atoms with van der Waals surface area (Å²) in [5.41, 5.74) is 1.40. The van der Waals surface area contributed by atoms with E-state index in [1.165, 1.54) is 12.1 Å². The number of aromatic hydroxyl groups is 1. The first-order valence-electron chi connectivity index (χ1n) is 5.86. The quantitative estimate of drug-likeness (QED) is 0.910. The molecule has 2 rings (SSSR count). The molecule has 5 heteroatoms. The predicted octanol–water partition coefficient (Wildman–Crippen LogP) is 3.10. The second-order valence-electron chi connectivity index (χ2n) is 4.16. The van der Waals surface area contributed by atoms with Crippen LogP contribution in [0.1, 0.15) is 11.1 Å². The molecule has 0 heterocycles. The lowest BCUT2D eigenvalue weighted by Gasteiger charge is -2.08. The fourth-order valence-corrected chi connectivity index (χ4v) is 1.94. The molecule has 0 saturated carbocycles. The number of nitriles is 1. The lowest BCUT2D eigenvalue weighted by Crippen LogP contribution is -2.14. The highest BCUT2D eigenvalue weighted by molar-refractivity contribution is 6.33. The summed E-state index contributed by atoms with van der Waals surface area (Å²) in [5.74, 6) is -0.216. The van der Waals surface area contributed by atoms with Crippen LogP contribution in [0.5, 0.6) is 5.75 Å². The summed E-state index contributed by atoms with van der Waals surface area (Å²) < 4.78 is 0. The molecule has 0 saturated heterocycles. The van der Waals surface area contributed by atoms with Gasteiger partial charge in [0.25, 0.3) is 0 Å². The number of rotatable bonds is 3. The largest absolute Gasteiger partial charge is 0.508 e. The van der Waals surface area contributed by atoms with Gasteiger partial charge in [0.1, 0.15) is 5.75 Å². The summed E-state index contributed by atoms with van der Waals surface area (Å²) >= 11 is 5.97. The number of amides is 1. The van der Waals surface area contributed by atoms with Crippen LogP contribution in [-0.4, -0.2) is 11.0 Å². The van der Waals surface area contributed by atoms with Crippen molar-refractivity contribution < 1.29 is 9.90 Å². The molecule has 0 aromatic heterocycles. The Bertz CT molecular complexity index is 693. The van der Waals surface area contributed by atoms with Gasteiger partial charge in [-0.1, -0.05) is 29.8 Å². The van der Waals surface area contributed by atoms with E-state index in [0.717, 1.165) is 0 Å². The van der Waals surface area contributed by atoms with Crippen molar-refractivity contribution >= 4 is 23.2 Å². The van der Waals surface area contributed by atoms with Crippen molar-refractivity contribution in [3.63, 3.8) is 0 Å². The first-order chi connectivity index (χ1) is 9.60. The Hall–Kier alpha value is -2.51. The van der Waals surface area contributed by atoms with E-state index < -0.39 is 0 Å². The molecule has 100 valence electrons. The van der Waals surface area contributed by atoms with Crippen molar-refractivity contribution in [2.75, 3.05) is 5.32 Å². The number of carbonyl (C=O) groups excluding carboxylic acids is 1. The Kier molecular flexibility index (Phi) is 4.24. The maximum absolute atomic E-state index is 11.9. The number of phenols is 1. The molecule has 0 fully saturated rings. The average molecular weight is 287 g/mol. The number of para-hydroxylation sites is 1. The van der Waals surface area contributed by atoms with Crippen molar-refractivity contribution in [2.45, 2.75) is 6.42 Å². The highest BCUT2D eigenvalue weighted by Gasteiger charge is 2.09. The third kappa shape index (κ3) is 3.28. The number of phenolic OH excluding ortho intramolecular Hbond substituents is 1. The molecule has 1 amide bonds. The summed E-state index contributed by atoms with van der Waals surface area (Å²) in [6.07, 6.45) is 0.0446. The van der Waals surface area contributed by atoms with Gasteiger partial charge in [-0.05, 0) is 24.3 Å². The van der Waals surface area contributed by atoms with Gasteiger partial charge in [0, 0.05) is 5.56 Å². The lowest BCUT2D eigenvalue weighted by atomic mass is 10.1. The monoisotopic (exact) mass is 286 g/mol. The molecule has 0 aliphatic heterocycles. The van der Waals surface area contributed by atoms with Crippen molar-refractivity contribution in [1.82, 2.24) is 0 Å². The molecule has 20 heavy (non-hydrogen) atoms. The van der Waals surface area contributed by atoms with E-state index >= 15 is 0 Å². The summed E-state index contributed by atoms with van der Waals surface area (Å²) in [6, 6.07) is 13.2. The average Bonchev–Trinajstić information content (AvgIpc) is 2.43. The van der Waals surface area contributed by atoms with Gasteiger partial charge in [0.05, 0.1) is 28.8 Å². The fraction of sp³-hybridized carbons (Fsp3) is 0.0667. The van der Waals surface area contributed by atoms with E-state index in [1.54, 1.807) is 30.3 Å². The number of nitrogens with one attached hydrogen (secondary N) is 1. The Morgan fingerprint density at radius 2 is 2.05 bits per heavy atom. The molecule has 2 aromatic rings. The lowest BCUT2D eigenvalue weighted by molar-refractivity contribution is -0.115. The summed E-state index contributed by atoms with van der Waals surface area (Å²) in [6.45, 7) is 0. The summed E-state index contributed by atoms with van der Waals surface area (Å²) in [7, 11) is 0. The Morgan fingerprint density at radius 1 is 1.30 bits per heavy atom. The smallest absolute Gasteiger partial charge is 0.228 e. The SMILES string of the molecule is N#Cc1ccc(NC(=O)Cc2ccccc2O)c(Cl)c1. The second-order valence-corrected chi connectivity index (χ2v) is 4.57. The van der Waals surface area contributed by atoms with Crippen molar-refractivity contribution in [3.8, 4) is 11.8 Å². The molecule has 0 aliphatic rings. The molecule has 0 atom stereocenters. The van der Waals surface area contributed by atoms with Crippen molar-refractivity contribution in [1.29, 1.82) is 5.26 Å². The number of carbonyl (C=O) groups is 1. The predicted molar refractivity (Wildman–Crippen MR) is 76.6 cm³/mol. The second kappa shape index (κ2) is 6.09. The third-order valence-corrected chi connectivity index (χ3v) is 3.03. The van der Waals surface area contributed by atoms with Crippen LogP contribution in [0.15, 0.2) is 42.5 Å².